The first-order valence-corrected chi connectivity index (χ1v) is 11.7. The highest BCUT2D eigenvalue weighted by atomic mass is 16.1. The number of nitrogens with zero attached hydrogens (tertiary/aromatic N) is 6. The highest BCUT2D eigenvalue weighted by Gasteiger charge is 2.29. The number of pyridine rings is 2. The number of likely N-dealkylation sites (N-methyl/N-ethyl adjacent to an activating group) is 1. The van der Waals surface area contributed by atoms with Gasteiger partial charge in [-0.2, -0.15) is 0 Å². The summed E-state index contributed by atoms with van der Waals surface area (Å²) in [4.78, 5) is 22.0. The van der Waals surface area contributed by atoms with E-state index in [0.29, 0.717) is 12.1 Å². The van der Waals surface area contributed by atoms with E-state index in [0.717, 1.165) is 49.8 Å². The van der Waals surface area contributed by atoms with Gasteiger partial charge in [0.05, 0.1) is 17.3 Å². The van der Waals surface area contributed by atoms with Crippen molar-refractivity contribution in [3.05, 3.63) is 95.7 Å². The number of aromatic nitrogens is 4. The fourth-order valence-corrected chi connectivity index (χ4v) is 4.41. The number of amides is 1. The van der Waals surface area contributed by atoms with E-state index in [1.54, 1.807) is 0 Å². The van der Waals surface area contributed by atoms with E-state index in [2.05, 4.69) is 55.5 Å². The number of hydrogen-bond acceptors (Lipinski definition) is 6. The molecule has 1 N–H and O–H groups in total. The van der Waals surface area contributed by atoms with Crippen molar-refractivity contribution in [3.8, 4) is 0 Å². The van der Waals surface area contributed by atoms with Gasteiger partial charge in [0, 0.05) is 45.1 Å². The van der Waals surface area contributed by atoms with Gasteiger partial charge >= 0.3 is 0 Å². The van der Waals surface area contributed by atoms with Crippen molar-refractivity contribution in [2.75, 3.05) is 33.2 Å². The predicted octanol–water partition coefficient (Wildman–Crippen LogP) is 2.59. The molecule has 1 aliphatic heterocycles. The zero-order valence-corrected chi connectivity index (χ0v) is 19.3. The summed E-state index contributed by atoms with van der Waals surface area (Å²) in [5.41, 5.74) is 3.61. The van der Waals surface area contributed by atoms with Crippen LogP contribution in [-0.4, -0.2) is 68.5 Å². The van der Waals surface area contributed by atoms with Crippen LogP contribution in [0.5, 0.6) is 0 Å². The third-order valence-corrected chi connectivity index (χ3v) is 6.37. The number of piperazine rings is 1. The average Bonchev–Trinajstić information content (AvgIpc) is 3.29. The largest absolute Gasteiger partial charge is 0.352 e. The Labute approximate surface area is 199 Å². The van der Waals surface area contributed by atoms with Crippen LogP contribution in [0.3, 0.4) is 0 Å². The molecule has 4 aromatic rings. The molecular formula is C26H29N7O. The zero-order valence-electron chi connectivity index (χ0n) is 19.3. The van der Waals surface area contributed by atoms with E-state index in [9.17, 15) is 4.79 Å². The number of carbonyl (C=O) groups excluding carboxylic acids is 1. The van der Waals surface area contributed by atoms with E-state index in [1.165, 1.54) is 5.56 Å². The summed E-state index contributed by atoms with van der Waals surface area (Å²) in [6.45, 7) is 4.10. The third-order valence-electron chi connectivity index (χ3n) is 6.37. The van der Waals surface area contributed by atoms with Crippen molar-refractivity contribution >= 4 is 11.6 Å². The lowest BCUT2D eigenvalue weighted by Gasteiger charge is -2.38. The SMILES string of the molecule is CN1CCN(Cc2ccccn2)C[C@@H]1c1nnc2ccc(C(=O)NCCc3ccccc3)cn12. The highest BCUT2D eigenvalue weighted by Crippen LogP contribution is 2.24. The van der Waals surface area contributed by atoms with E-state index in [-0.39, 0.29) is 11.9 Å². The van der Waals surface area contributed by atoms with Crippen LogP contribution in [0.4, 0.5) is 0 Å². The minimum Gasteiger partial charge on any atom is -0.352 e. The second kappa shape index (κ2) is 10.1. The molecule has 0 spiro atoms. The number of nitrogens with one attached hydrogen (secondary N) is 1. The van der Waals surface area contributed by atoms with Gasteiger partial charge in [-0.25, -0.2) is 0 Å². The van der Waals surface area contributed by atoms with Crippen molar-refractivity contribution in [2.24, 2.45) is 0 Å². The average molecular weight is 456 g/mol. The summed E-state index contributed by atoms with van der Waals surface area (Å²) >= 11 is 0. The Hall–Kier alpha value is -3.62. The maximum Gasteiger partial charge on any atom is 0.252 e. The van der Waals surface area contributed by atoms with Crippen LogP contribution in [0.25, 0.3) is 5.65 Å². The number of carbonyl (C=O) groups is 1. The van der Waals surface area contributed by atoms with Gasteiger partial charge in [-0.3, -0.25) is 24.0 Å². The first-order valence-electron chi connectivity index (χ1n) is 11.7. The topological polar surface area (TPSA) is 78.7 Å². The van der Waals surface area contributed by atoms with Gasteiger partial charge in [0.15, 0.2) is 11.5 Å². The zero-order chi connectivity index (χ0) is 23.3. The van der Waals surface area contributed by atoms with Gasteiger partial charge in [0.2, 0.25) is 0 Å². The first-order chi connectivity index (χ1) is 16.7. The van der Waals surface area contributed by atoms with Crippen LogP contribution < -0.4 is 5.32 Å². The second-order valence-electron chi connectivity index (χ2n) is 8.75. The van der Waals surface area contributed by atoms with Gasteiger partial charge in [-0.15, -0.1) is 10.2 Å². The molecule has 1 saturated heterocycles. The smallest absolute Gasteiger partial charge is 0.252 e. The van der Waals surface area contributed by atoms with Crippen molar-refractivity contribution in [2.45, 2.75) is 19.0 Å². The second-order valence-corrected chi connectivity index (χ2v) is 8.75. The fourth-order valence-electron chi connectivity index (χ4n) is 4.41. The van der Waals surface area contributed by atoms with Gasteiger partial charge < -0.3 is 5.32 Å². The minimum absolute atomic E-state index is 0.0730. The molecule has 0 aliphatic carbocycles. The van der Waals surface area contributed by atoms with Crippen LogP contribution in [0, 0.1) is 0 Å². The Morgan fingerprint density at radius 2 is 1.88 bits per heavy atom. The number of benzene rings is 1. The molecule has 4 heterocycles. The van der Waals surface area contributed by atoms with Gasteiger partial charge in [-0.05, 0) is 43.3 Å². The molecule has 0 saturated carbocycles. The summed E-state index contributed by atoms with van der Waals surface area (Å²) < 4.78 is 1.96. The lowest BCUT2D eigenvalue weighted by atomic mass is 10.1. The molecule has 34 heavy (non-hydrogen) atoms. The summed E-state index contributed by atoms with van der Waals surface area (Å²) in [5.74, 6) is 0.758. The Balaban J connectivity index is 1.30. The maximum atomic E-state index is 12.8. The molecular weight excluding hydrogens is 426 g/mol. The number of rotatable bonds is 7. The Bertz CT molecular complexity index is 1240. The standard InChI is InChI=1S/C26H29N7O/c1-31-15-16-32(18-22-9-5-6-13-27-22)19-23(31)25-30-29-24-11-10-21(17-33(24)25)26(34)28-14-12-20-7-3-2-4-8-20/h2-11,13,17,23H,12,14-16,18-19H2,1H3,(H,28,34)/t23-/m1/s1. The molecule has 3 aromatic heterocycles. The molecule has 1 fully saturated rings. The van der Waals surface area contributed by atoms with Crippen molar-refractivity contribution < 1.29 is 4.79 Å². The first kappa shape index (κ1) is 22.2. The lowest BCUT2D eigenvalue weighted by Crippen LogP contribution is -2.46. The Kier molecular flexibility index (Phi) is 6.60. The van der Waals surface area contributed by atoms with E-state index in [4.69, 9.17) is 0 Å². The van der Waals surface area contributed by atoms with Gasteiger partial charge in [0.1, 0.15) is 0 Å². The molecule has 5 rings (SSSR count). The fraction of sp³-hybridized carbons (Fsp3) is 0.308. The lowest BCUT2D eigenvalue weighted by molar-refractivity contribution is 0.0844. The third kappa shape index (κ3) is 4.98. The van der Waals surface area contributed by atoms with E-state index >= 15 is 0 Å². The van der Waals surface area contributed by atoms with Crippen molar-refractivity contribution in [1.29, 1.82) is 0 Å². The normalized spacial score (nSPS) is 17.1. The van der Waals surface area contributed by atoms with Crippen LogP contribution in [0.2, 0.25) is 0 Å². The Morgan fingerprint density at radius 1 is 1.03 bits per heavy atom. The molecule has 1 atom stereocenters. The summed E-state index contributed by atoms with van der Waals surface area (Å²) in [6, 6.07) is 19.9. The monoisotopic (exact) mass is 455 g/mol. The predicted molar refractivity (Wildman–Crippen MR) is 130 cm³/mol. The highest BCUT2D eigenvalue weighted by molar-refractivity contribution is 5.94. The van der Waals surface area contributed by atoms with Crippen LogP contribution in [-0.2, 0) is 13.0 Å². The molecule has 0 radical (unpaired) electrons. The van der Waals surface area contributed by atoms with Crippen molar-refractivity contribution in [1.82, 2.24) is 34.7 Å². The van der Waals surface area contributed by atoms with Crippen molar-refractivity contribution in [3.63, 3.8) is 0 Å². The van der Waals surface area contributed by atoms with Gasteiger partial charge in [-0.1, -0.05) is 36.4 Å². The van der Waals surface area contributed by atoms with Crippen LogP contribution in [0.1, 0.15) is 33.5 Å². The molecule has 0 bridgehead atoms. The van der Waals surface area contributed by atoms with Crippen LogP contribution >= 0.6 is 0 Å². The quantitative estimate of drug-likeness (QED) is 0.462. The summed E-state index contributed by atoms with van der Waals surface area (Å²) in [5, 5.41) is 11.9. The molecule has 1 aromatic carbocycles. The molecule has 8 heteroatoms. The molecule has 1 amide bonds. The van der Waals surface area contributed by atoms with Crippen LogP contribution in [0.15, 0.2) is 73.1 Å². The summed E-state index contributed by atoms with van der Waals surface area (Å²) in [7, 11) is 2.12. The molecule has 8 nitrogen and oxygen atoms in total. The molecule has 1 aliphatic rings. The number of hydrogen-bond donors (Lipinski definition) is 1. The number of fused-ring (bicyclic) bond motifs is 1. The van der Waals surface area contributed by atoms with E-state index < -0.39 is 0 Å². The summed E-state index contributed by atoms with van der Waals surface area (Å²) in [6.07, 6.45) is 4.49. The maximum absolute atomic E-state index is 12.8. The van der Waals surface area contributed by atoms with E-state index in [1.807, 2.05) is 59.3 Å². The molecule has 174 valence electrons. The molecule has 0 unspecified atom stereocenters. The minimum atomic E-state index is -0.0914. The Morgan fingerprint density at radius 3 is 2.71 bits per heavy atom. The van der Waals surface area contributed by atoms with Gasteiger partial charge in [0.25, 0.3) is 5.91 Å².